The molecule has 4 aromatic carbocycles. The second kappa shape index (κ2) is 16.1. The van der Waals surface area contributed by atoms with Gasteiger partial charge in [0.15, 0.2) is 18.9 Å². The fraction of sp³-hybridized carbons (Fsp3) is 0.400. The van der Waals surface area contributed by atoms with Gasteiger partial charge in [-0.05, 0) is 35.4 Å². The summed E-state index contributed by atoms with van der Waals surface area (Å²) in [5, 5.41) is 28.5. The molecule has 282 valence electrons. The largest absolute Gasteiger partial charge is 0.497 e. The van der Waals surface area contributed by atoms with Crippen molar-refractivity contribution in [1.29, 1.82) is 0 Å². The van der Waals surface area contributed by atoms with Crippen LogP contribution in [0.15, 0.2) is 120 Å². The molecule has 0 aromatic heterocycles. The fourth-order valence-corrected chi connectivity index (χ4v) is 7.41. The van der Waals surface area contributed by atoms with Crippen molar-refractivity contribution < 1.29 is 52.8 Å². The molecule has 0 amide bonds. The van der Waals surface area contributed by atoms with E-state index in [1.807, 2.05) is 91.0 Å². The average Bonchev–Trinajstić information content (AvgIpc) is 3.23. The Balaban J connectivity index is 1.13. The minimum Gasteiger partial charge on any atom is -0.497 e. The number of hydrogen-bond acceptors (Lipinski definition) is 12. The first-order chi connectivity index (χ1) is 26.4. The van der Waals surface area contributed by atoms with Crippen molar-refractivity contribution >= 4 is 0 Å². The quantitative estimate of drug-likeness (QED) is 0.124. The first-order valence-corrected chi connectivity index (χ1v) is 17.8. The maximum Gasteiger partial charge on any atom is 0.204 e. The standard InChI is InChI=1S/C40H41N3O11/c1-46-28-19-17-27(18-20-28)40(45)36(42-43-41)35(33-30(54-40)23-49-38(52-33)26-15-9-4-10-16-26)53-39-31(44)34(47-21-24-11-5-2-6-12-24)32-29(50-39)22-48-37(51-32)25-13-7-3-8-14-25/h2-20,29-39,44-45H,21-23H2,1H3/t29-,30-,31-,32+,33-,34-,35+,36-,37?,38?,39-,40+/m1/s1. The van der Waals surface area contributed by atoms with Crippen LogP contribution in [0.25, 0.3) is 10.4 Å². The Kier molecular flexibility index (Phi) is 10.9. The smallest absolute Gasteiger partial charge is 0.204 e. The number of methoxy groups -OCH3 is 1. The first kappa shape index (κ1) is 36.6. The van der Waals surface area contributed by atoms with E-state index in [9.17, 15) is 15.7 Å². The Bertz CT molecular complexity index is 1870. The summed E-state index contributed by atoms with van der Waals surface area (Å²) in [6, 6.07) is 33.4. The number of rotatable bonds is 10. The molecule has 0 radical (unpaired) electrons. The number of benzene rings is 4. The van der Waals surface area contributed by atoms with Gasteiger partial charge in [-0.25, -0.2) is 0 Å². The van der Waals surface area contributed by atoms with Gasteiger partial charge in [0.1, 0.15) is 54.5 Å². The van der Waals surface area contributed by atoms with Crippen molar-refractivity contribution in [2.24, 2.45) is 5.11 Å². The van der Waals surface area contributed by atoms with Crippen molar-refractivity contribution in [2.75, 3.05) is 20.3 Å². The summed E-state index contributed by atoms with van der Waals surface area (Å²) in [6.07, 6.45) is -9.90. The van der Waals surface area contributed by atoms with Crippen molar-refractivity contribution in [3.8, 4) is 5.75 Å². The van der Waals surface area contributed by atoms with Gasteiger partial charge in [-0.1, -0.05) is 96.1 Å². The highest BCUT2D eigenvalue weighted by Crippen LogP contribution is 2.46. The SMILES string of the molecule is COc1ccc([C@]2(O)O[C@@H]3COC(c4ccccc4)O[C@H]3[C@H](O[C@H]3O[C@@H]4COC(c5ccccc5)O[C@@H]4[C@H](OCc4ccccc4)[C@H]3O)[C@H]2N=[N+]=[N-])cc1. The molecule has 0 bridgehead atoms. The molecule has 4 aromatic rings. The third kappa shape index (κ3) is 7.35. The van der Waals surface area contributed by atoms with Gasteiger partial charge in [0, 0.05) is 21.6 Å². The van der Waals surface area contributed by atoms with Crippen LogP contribution in [0.1, 0.15) is 34.8 Å². The predicted molar refractivity (Wildman–Crippen MR) is 189 cm³/mol. The minimum absolute atomic E-state index is 0.00428. The maximum atomic E-state index is 12.4. The molecule has 2 N–H and O–H groups in total. The topological polar surface area (TPSA) is 172 Å². The Morgan fingerprint density at radius 1 is 0.759 bits per heavy atom. The van der Waals surface area contributed by atoms with Crippen molar-refractivity contribution in [3.05, 3.63) is 148 Å². The van der Waals surface area contributed by atoms with Crippen LogP contribution in [0.4, 0.5) is 0 Å². The van der Waals surface area contributed by atoms with Crippen molar-refractivity contribution in [1.82, 2.24) is 0 Å². The molecule has 12 atom stereocenters. The summed E-state index contributed by atoms with van der Waals surface area (Å²) in [7, 11) is 1.53. The van der Waals surface area contributed by atoms with E-state index in [0.717, 1.165) is 16.7 Å². The van der Waals surface area contributed by atoms with Gasteiger partial charge in [0.25, 0.3) is 0 Å². The Morgan fingerprint density at radius 2 is 1.33 bits per heavy atom. The number of aliphatic hydroxyl groups excluding tert-OH is 1. The molecule has 0 spiro atoms. The number of nitrogens with zero attached hydrogens (tertiary/aromatic N) is 3. The van der Waals surface area contributed by atoms with E-state index in [1.165, 1.54) is 7.11 Å². The van der Waals surface area contributed by atoms with Crippen LogP contribution in [0.5, 0.6) is 5.75 Å². The summed E-state index contributed by atoms with van der Waals surface area (Å²) in [5.41, 5.74) is 12.6. The summed E-state index contributed by atoms with van der Waals surface area (Å²) in [4.78, 5) is 3.10. The lowest BCUT2D eigenvalue weighted by molar-refractivity contribution is -0.410. The summed E-state index contributed by atoms with van der Waals surface area (Å²) >= 11 is 0. The fourth-order valence-electron chi connectivity index (χ4n) is 7.41. The summed E-state index contributed by atoms with van der Waals surface area (Å²) < 4.78 is 56.4. The molecule has 54 heavy (non-hydrogen) atoms. The first-order valence-electron chi connectivity index (χ1n) is 17.8. The molecular weight excluding hydrogens is 698 g/mol. The van der Waals surface area contributed by atoms with Crippen LogP contribution in [-0.2, 0) is 50.3 Å². The lowest BCUT2D eigenvalue weighted by Crippen LogP contribution is -2.69. The zero-order valence-corrected chi connectivity index (χ0v) is 29.4. The number of hydrogen-bond donors (Lipinski definition) is 2. The van der Waals surface area contributed by atoms with Gasteiger partial charge in [0.05, 0.1) is 26.9 Å². The molecule has 4 fully saturated rings. The molecule has 2 unspecified atom stereocenters. The lowest BCUT2D eigenvalue weighted by atomic mass is 9.85. The van der Waals surface area contributed by atoms with E-state index in [-0.39, 0.29) is 25.4 Å². The molecule has 4 aliphatic heterocycles. The molecular formula is C40H41N3O11. The van der Waals surface area contributed by atoms with Crippen LogP contribution in [0, 0.1) is 0 Å². The molecule has 14 nitrogen and oxygen atoms in total. The van der Waals surface area contributed by atoms with Crippen molar-refractivity contribution in [3.63, 3.8) is 0 Å². The normalized spacial score (nSPS) is 34.8. The van der Waals surface area contributed by atoms with E-state index in [0.29, 0.717) is 5.75 Å². The average molecular weight is 740 g/mol. The molecule has 0 saturated carbocycles. The Morgan fingerprint density at radius 3 is 1.93 bits per heavy atom. The molecule has 4 saturated heterocycles. The molecule has 14 heteroatoms. The summed E-state index contributed by atoms with van der Waals surface area (Å²) in [6.45, 7) is 0.256. The highest BCUT2D eigenvalue weighted by Gasteiger charge is 2.60. The molecule has 0 aliphatic carbocycles. The zero-order chi connectivity index (χ0) is 37.1. The molecule has 4 aliphatic rings. The van der Waals surface area contributed by atoms with E-state index >= 15 is 0 Å². The number of aliphatic hydroxyl groups is 2. The molecule has 8 rings (SSSR count). The van der Waals surface area contributed by atoms with Crippen LogP contribution in [0.2, 0.25) is 0 Å². The van der Waals surface area contributed by atoms with E-state index in [2.05, 4.69) is 10.0 Å². The van der Waals surface area contributed by atoms with Gasteiger partial charge in [0.2, 0.25) is 5.79 Å². The minimum atomic E-state index is -2.22. The van der Waals surface area contributed by atoms with Gasteiger partial charge in [-0.3, -0.25) is 0 Å². The van der Waals surface area contributed by atoms with E-state index in [4.69, 9.17) is 42.6 Å². The Labute approximate surface area is 311 Å². The van der Waals surface area contributed by atoms with Gasteiger partial charge < -0.3 is 52.8 Å². The van der Waals surface area contributed by atoms with Crippen LogP contribution in [0.3, 0.4) is 0 Å². The van der Waals surface area contributed by atoms with Crippen LogP contribution < -0.4 is 4.74 Å². The third-order valence-corrected chi connectivity index (χ3v) is 10.1. The predicted octanol–water partition coefficient (Wildman–Crippen LogP) is 5.20. The summed E-state index contributed by atoms with van der Waals surface area (Å²) in [5.74, 6) is -1.68. The lowest BCUT2D eigenvalue weighted by Gasteiger charge is -2.54. The van der Waals surface area contributed by atoms with Gasteiger partial charge >= 0.3 is 0 Å². The second-order valence-electron chi connectivity index (χ2n) is 13.5. The maximum absolute atomic E-state index is 12.4. The number of ether oxygens (including phenoxy) is 9. The second-order valence-corrected chi connectivity index (χ2v) is 13.5. The number of azide groups is 1. The molecule has 4 heterocycles. The van der Waals surface area contributed by atoms with Gasteiger partial charge in [-0.15, -0.1) is 0 Å². The highest BCUT2D eigenvalue weighted by atomic mass is 16.8. The zero-order valence-electron chi connectivity index (χ0n) is 29.4. The van der Waals surface area contributed by atoms with E-state index in [1.54, 1.807) is 24.3 Å². The Hall–Kier alpha value is -4.41. The van der Waals surface area contributed by atoms with E-state index < -0.39 is 73.4 Å². The van der Waals surface area contributed by atoms with Crippen LogP contribution >= 0.6 is 0 Å². The number of fused-ring (bicyclic) bond motifs is 2. The highest BCUT2D eigenvalue weighted by molar-refractivity contribution is 5.32. The van der Waals surface area contributed by atoms with Gasteiger partial charge in [-0.2, -0.15) is 0 Å². The monoisotopic (exact) mass is 739 g/mol. The van der Waals surface area contributed by atoms with Crippen LogP contribution in [-0.4, -0.2) is 85.6 Å². The third-order valence-electron chi connectivity index (χ3n) is 10.1. The van der Waals surface area contributed by atoms with Crippen molar-refractivity contribution in [2.45, 2.75) is 80.0 Å².